The van der Waals surface area contributed by atoms with E-state index in [2.05, 4.69) is 4.98 Å². The number of nitrogens with one attached hydrogen (secondary N) is 1. The van der Waals surface area contributed by atoms with E-state index in [-0.39, 0.29) is 6.42 Å². The highest BCUT2D eigenvalue weighted by atomic mass is 35.5. The molecule has 1 atom stereocenters. The number of nitrogens with zero attached hydrogens (tertiary/aromatic N) is 1. The molecule has 0 aromatic carbocycles. The van der Waals surface area contributed by atoms with Gasteiger partial charge in [0.1, 0.15) is 11.8 Å². The number of hydrogen-bond donors (Lipinski definition) is 2. The zero-order valence-electron chi connectivity index (χ0n) is 10.4. The summed E-state index contributed by atoms with van der Waals surface area (Å²) in [5.41, 5.74) is 4.03. The van der Waals surface area contributed by atoms with Gasteiger partial charge in [-0.2, -0.15) is 8.78 Å². The van der Waals surface area contributed by atoms with Crippen molar-refractivity contribution in [1.29, 1.82) is 0 Å². The van der Waals surface area contributed by atoms with Crippen molar-refractivity contribution in [2.24, 2.45) is 5.84 Å². The van der Waals surface area contributed by atoms with Gasteiger partial charge in [0.25, 0.3) is 0 Å². The van der Waals surface area contributed by atoms with Gasteiger partial charge in [0.05, 0.1) is 7.11 Å². The summed E-state index contributed by atoms with van der Waals surface area (Å²) in [6.45, 7) is 3.59. The molecule has 0 aliphatic heterocycles. The maximum absolute atomic E-state index is 13.0. The third-order valence-corrected chi connectivity index (χ3v) is 3.01. The summed E-state index contributed by atoms with van der Waals surface area (Å²) in [4.78, 5) is 4.12. The Kier molecular flexibility index (Phi) is 4.84. The molecule has 1 aromatic rings. The Balaban J connectivity index is 3.05. The largest absolute Gasteiger partial charge is 0.496 e. The number of nitrogens with two attached hydrogens (primary N) is 1. The maximum Gasteiger partial charge on any atom is 0.338 e. The summed E-state index contributed by atoms with van der Waals surface area (Å²) < 4.78 is 31.3. The molecule has 4 nitrogen and oxygen atoms in total. The van der Waals surface area contributed by atoms with Crippen molar-refractivity contribution in [3.63, 3.8) is 0 Å². The van der Waals surface area contributed by atoms with Gasteiger partial charge >= 0.3 is 5.38 Å². The van der Waals surface area contributed by atoms with Crippen LogP contribution in [0.15, 0.2) is 6.20 Å². The number of aryl methyl sites for hydroxylation is 1. The quantitative estimate of drug-likeness (QED) is 0.491. The minimum absolute atomic E-state index is 0.0878. The van der Waals surface area contributed by atoms with Crippen LogP contribution in [0, 0.1) is 13.8 Å². The van der Waals surface area contributed by atoms with Crippen LogP contribution in [0.2, 0.25) is 0 Å². The normalized spacial score (nSPS) is 13.5. The average Bonchev–Trinajstić information content (AvgIpc) is 2.27. The van der Waals surface area contributed by atoms with Crippen molar-refractivity contribution in [2.45, 2.75) is 31.7 Å². The third-order valence-electron chi connectivity index (χ3n) is 2.74. The molecule has 1 aromatic heterocycles. The monoisotopic (exact) mass is 279 g/mol. The van der Waals surface area contributed by atoms with Crippen molar-refractivity contribution in [1.82, 2.24) is 10.4 Å². The Labute approximate surface area is 109 Å². The molecule has 18 heavy (non-hydrogen) atoms. The highest BCUT2D eigenvalue weighted by Crippen LogP contribution is 2.29. The molecule has 1 unspecified atom stereocenters. The number of hydrazine groups is 1. The lowest BCUT2D eigenvalue weighted by Gasteiger charge is -2.21. The third kappa shape index (κ3) is 3.28. The van der Waals surface area contributed by atoms with Gasteiger partial charge in [-0.3, -0.25) is 10.8 Å². The first-order valence-corrected chi connectivity index (χ1v) is 5.71. The van der Waals surface area contributed by atoms with E-state index in [1.54, 1.807) is 13.1 Å². The highest BCUT2D eigenvalue weighted by Gasteiger charge is 2.37. The molecule has 0 fully saturated rings. The molecule has 0 saturated heterocycles. The molecule has 102 valence electrons. The number of rotatable bonds is 5. The Morgan fingerprint density at radius 2 is 2.17 bits per heavy atom. The van der Waals surface area contributed by atoms with Gasteiger partial charge in [-0.05, 0) is 25.4 Å². The minimum atomic E-state index is -3.44. The van der Waals surface area contributed by atoms with Gasteiger partial charge < -0.3 is 4.74 Å². The van der Waals surface area contributed by atoms with Crippen molar-refractivity contribution in [2.75, 3.05) is 7.11 Å². The Morgan fingerprint density at radius 3 is 2.61 bits per heavy atom. The average molecular weight is 280 g/mol. The van der Waals surface area contributed by atoms with E-state index >= 15 is 0 Å². The molecule has 1 heterocycles. The van der Waals surface area contributed by atoms with Crippen molar-refractivity contribution < 1.29 is 13.5 Å². The molecule has 7 heteroatoms. The fraction of sp³-hybridized carbons (Fsp3) is 0.545. The zero-order valence-corrected chi connectivity index (χ0v) is 11.2. The first-order chi connectivity index (χ1) is 8.31. The summed E-state index contributed by atoms with van der Waals surface area (Å²) >= 11 is 4.97. The minimum Gasteiger partial charge on any atom is -0.496 e. The van der Waals surface area contributed by atoms with Crippen LogP contribution >= 0.6 is 11.6 Å². The van der Waals surface area contributed by atoms with Crippen LogP contribution in [0.3, 0.4) is 0 Å². The van der Waals surface area contributed by atoms with Gasteiger partial charge in [0, 0.05) is 29.4 Å². The first kappa shape index (κ1) is 15.1. The Bertz CT molecular complexity index is 423. The molecular formula is C11H16ClF2N3O. The van der Waals surface area contributed by atoms with E-state index in [0.29, 0.717) is 17.0 Å². The second-order valence-corrected chi connectivity index (χ2v) is 4.52. The fourth-order valence-corrected chi connectivity index (χ4v) is 1.88. The standard InChI is InChI=1S/C11H16ClF2N3O/c1-6-5-16-8(7(2)10(6)18-3)4-9(17-15)11(12,13)14/h5,9,17H,4,15H2,1-3H3. The van der Waals surface area contributed by atoms with Crippen molar-refractivity contribution in [3.8, 4) is 5.75 Å². The van der Waals surface area contributed by atoms with Crippen molar-refractivity contribution >= 4 is 11.6 Å². The Morgan fingerprint density at radius 1 is 1.56 bits per heavy atom. The van der Waals surface area contributed by atoms with E-state index in [0.717, 1.165) is 5.56 Å². The number of aromatic nitrogens is 1. The Hall–Kier alpha value is -0.980. The van der Waals surface area contributed by atoms with Crippen LogP contribution in [-0.4, -0.2) is 23.5 Å². The van der Waals surface area contributed by atoms with Crippen LogP contribution in [0.25, 0.3) is 0 Å². The molecule has 0 saturated carbocycles. The summed E-state index contributed by atoms with van der Waals surface area (Å²) in [5.74, 6) is 5.72. The molecular weight excluding hydrogens is 264 g/mol. The predicted octanol–water partition coefficient (Wildman–Crippen LogP) is 1.91. The van der Waals surface area contributed by atoms with E-state index in [1.807, 2.05) is 12.3 Å². The SMILES string of the molecule is COc1c(C)cnc(CC(NN)C(F)(F)Cl)c1C. The highest BCUT2D eigenvalue weighted by molar-refractivity contribution is 6.22. The van der Waals surface area contributed by atoms with Gasteiger partial charge in [0.2, 0.25) is 0 Å². The number of ether oxygens (including phenoxy) is 1. The molecule has 0 bridgehead atoms. The van der Waals surface area contributed by atoms with Crippen molar-refractivity contribution in [3.05, 3.63) is 23.0 Å². The number of hydrogen-bond acceptors (Lipinski definition) is 4. The summed E-state index contributed by atoms with van der Waals surface area (Å²) in [6, 6.07) is -1.39. The summed E-state index contributed by atoms with van der Waals surface area (Å²) in [7, 11) is 1.52. The zero-order chi connectivity index (χ0) is 13.9. The van der Waals surface area contributed by atoms with E-state index in [1.165, 1.54) is 7.11 Å². The number of alkyl halides is 3. The van der Waals surface area contributed by atoms with Crippen LogP contribution in [0.5, 0.6) is 5.75 Å². The second-order valence-electron chi connectivity index (χ2n) is 4.01. The summed E-state index contributed by atoms with van der Waals surface area (Å²) in [5, 5.41) is -3.44. The smallest absolute Gasteiger partial charge is 0.338 e. The molecule has 1 rings (SSSR count). The van der Waals surface area contributed by atoms with Gasteiger partial charge in [-0.1, -0.05) is 0 Å². The molecule has 0 aliphatic carbocycles. The van der Waals surface area contributed by atoms with Crippen LogP contribution < -0.4 is 16.0 Å². The van der Waals surface area contributed by atoms with Crippen LogP contribution in [-0.2, 0) is 6.42 Å². The first-order valence-electron chi connectivity index (χ1n) is 5.33. The molecule has 0 aliphatic rings. The molecule has 0 amide bonds. The molecule has 0 spiro atoms. The molecule has 3 N–H and O–H groups in total. The van der Waals surface area contributed by atoms with Gasteiger partial charge in [0.15, 0.2) is 0 Å². The maximum atomic E-state index is 13.0. The van der Waals surface area contributed by atoms with Crippen LogP contribution in [0.4, 0.5) is 8.78 Å². The lowest BCUT2D eigenvalue weighted by Crippen LogP contribution is -2.47. The van der Waals surface area contributed by atoms with E-state index in [9.17, 15) is 8.78 Å². The topological polar surface area (TPSA) is 60.2 Å². The van der Waals surface area contributed by atoms with Crippen LogP contribution in [0.1, 0.15) is 16.8 Å². The number of halogens is 3. The number of methoxy groups -OCH3 is 1. The lowest BCUT2D eigenvalue weighted by molar-refractivity contribution is 0.0498. The summed E-state index contributed by atoms with van der Waals surface area (Å²) in [6.07, 6.45) is 1.48. The van der Waals surface area contributed by atoms with Gasteiger partial charge in [-0.15, -0.1) is 0 Å². The number of pyridine rings is 1. The second kappa shape index (κ2) is 5.77. The lowest BCUT2D eigenvalue weighted by atomic mass is 10.0. The fourth-order valence-electron chi connectivity index (χ4n) is 1.74. The van der Waals surface area contributed by atoms with E-state index in [4.69, 9.17) is 22.2 Å². The molecule has 0 radical (unpaired) electrons. The van der Waals surface area contributed by atoms with Gasteiger partial charge in [-0.25, -0.2) is 5.43 Å². The van der Waals surface area contributed by atoms with E-state index < -0.39 is 11.4 Å². The predicted molar refractivity (Wildman–Crippen MR) is 65.9 cm³/mol.